The summed E-state index contributed by atoms with van der Waals surface area (Å²) in [7, 11) is 2.17. The first-order valence-corrected chi connectivity index (χ1v) is 24.8. The Morgan fingerprint density at radius 1 is 0.648 bits per heavy atom. The fraction of sp³-hybridized carbons (Fsp3) is 0.228. The van der Waals surface area contributed by atoms with Crippen molar-refractivity contribution in [3.8, 4) is 44.8 Å². The molecule has 0 aliphatic carbocycles. The molecule has 71 heavy (non-hydrogen) atoms. The van der Waals surface area contributed by atoms with Crippen molar-refractivity contribution in [2.24, 2.45) is 0 Å². The third kappa shape index (κ3) is 10.3. The van der Waals surface area contributed by atoms with E-state index in [2.05, 4.69) is 118 Å². The van der Waals surface area contributed by atoms with Gasteiger partial charge in [-0.15, -0.1) is 0 Å². The number of amides is 2. The van der Waals surface area contributed by atoms with Crippen molar-refractivity contribution in [2.45, 2.75) is 20.4 Å². The summed E-state index contributed by atoms with van der Waals surface area (Å²) in [4.78, 5) is 51.9. The van der Waals surface area contributed by atoms with Crippen molar-refractivity contribution in [2.75, 3.05) is 81.5 Å². The van der Waals surface area contributed by atoms with Gasteiger partial charge in [-0.1, -0.05) is 90.5 Å². The van der Waals surface area contributed by atoms with Gasteiger partial charge in [-0.2, -0.15) is 0 Å². The van der Waals surface area contributed by atoms with Crippen LogP contribution < -0.4 is 15.5 Å². The van der Waals surface area contributed by atoms with Crippen molar-refractivity contribution in [3.05, 3.63) is 161 Å². The largest absolute Gasteiger partial charge is 0.369 e. The number of hydrogen-bond acceptors (Lipinski definition) is 8. The molecule has 14 heteroatoms. The summed E-state index contributed by atoms with van der Waals surface area (Å²) < 4.78 is 0. The molecule has 6 heterocycles. The third-order valence-corrected chi connectivity index (χ3v) is 14.4. The number of pyridine rings is 2. The number of hydrogen-bond donors (Lipinski definition) is 4. The van der Waals surface area contributed by atoms with E-state index in [9.17, 15) is 9.59 Å². The number of aryl methyl sites for hydroxylation is 2. The van der Waals surface area contributed by atoms with E-state index < -0.39 is 0 Å². The van der Waals surface area contributed by atoms with Crippen LogP contribution in [0, 0.1) is 13.8 Å². The molecule has 10 rings (SSSR count). The number of piperazine rings is 2. The van der Waals surface area contributed by atoms with Gasteiger partial charge in [-0.3, -0.25) is 19.4 Å². The Balaban J connectivity index is 0.793. The van der Waals surface area contributed by atoms with E-state index >= 15 is 0 Å². The van der Waals surface area contributed by atoms with Gasteiger partial charge in [0.05, 0.1) is 21.4 Å². The molecule has 4 N–H and O–H groups in total. The minimum absolute atomic E-state index is 0.180. The second-order valence-corrected chi connectivity index (χ2v) is 19.4. The number of aromatic amines is 2. The molecule has 360 valence electrons. The summed E-state index contributed by atoms with van der Waals surface area (Å²) in [5.41, 5.74) is 14.7. The SMILES string of the molecule is C=CC(=O)Nc1cc(-c2c(-c3cccc(CN4CCN(C/C=C/C(=O)Nc5cc(-c6c(-c7cccc(N8CCN(C)CC8)c7)[nH]c7nccc(Cl)c67)ccc5C)CC4)c3)[nH]c3nccc(Cl)c23)ccc1C. The predicted octanol–water partition coefficient (Wildman–Crippen LogP) is 11.2. The normalized spacial score (nSPS) is 15.0. The molecule has 2 amide bonds. The number of nitrogens with one attached hydrogen (secondary N) is 4. The third-order valence-electron chi connectivity index (χ3n) is 13.8. The summed E-state index contributed by atoms with van der Waals surface area (Å²) in [6, 6.07) is 33.0. The smallest absolute Gasteiger partial charge is 0.248 e. The number of aromatic nitrogens is 4. The van der Waals surface area contributed by atoms with Crippen LogP contribution in [0.15, 0.2) is 134 Å². The molecule has 0 radical (unpaired) electrons. The summed E-state index contributed by atoms with van der Waals surface area (Å²) in [6.45, 7) is 16.6. The number of anilines is 3. The highest BCUT2D eigenvalue weighted by molar-refractivity contribution is 6.37. The zero-order chi connectivity index (χ0) is 49.2. The van der Waals surface area contributed by atoms with Gasteiger partial charge >= 0.3 is 0 Å². The van der Waals surface area contributed by atoms with Crippen LogP contribution in [0.3, 0.4) is 0 Å². The molecule has 2 aliphatic rings. The molecule has 2 saturated heterocycles. The van der Waals surface area contributed by atoms with Crippen molar-refractivity contribution < 1.29 is 9.59 Å². The van der Waals surface area contributed by atoms with E-state index in [0.29, 0.717) is 33.6 Å². The van der Waals surface area contributed by atoms with E-state index in [1.165, 1.54) is 17.3 Å². The maximum Gasteiger partial charge on any atom is 0.248 e. The molecule has 0 saturated carbocycles. The first-order valence-electron chi connectivity index (χ1n) is 24.0. The zero-order valence-electron chi connectivity index (χ0n) is 40.2. The lowest BCUT2D eigenvalue weighted by molar-refractivity contribution is -0.112. The van der Waals surface area contributed by atoms with Gasteiger partial charge in [0.25, 0.3) is 0 Å². The van der Waals surface area contributed by atoms with Crippen LogP contribution in [0.1, 0.15) is 16.7 Å². The number of carbonyl (C=O) groups is 2. The minimum atomic E-state index is -0.272. The lowest BCUT2D eigenvalue weighted by Gasteiger charge is -2.34. The lowest BCUT2D eigenvalue weighted by atomic mass is 9.96. The maximum absolute atomic E-state index is 13.5. The van der Waals surface area contributed by atoms with Gasteiger partial charge in [0.1, 0.15) is 11.3 Å². The van der Waals surface area contributed by atoms with Gasteiger partial charge in [0.2, 0.25) is 11.8 Å². The number of likely N-dealkylation sites (N-methyl/N-ethyl adjacent to an activating group) is 1. The number of H-pyrrole nitrogens is 2. The Hall–Kier alpha value is -7.06. The molecule has 0 atom stereocenters. The van der Waals surface area contributed by atoms with Crippen molar-refractivity contribution in [1.82, 2.24) is 34.6 Å². The Bertz CT molecular complexity index is 3340. The van der Waals surface area contributed by atoms with Crippen LogP contribution in [0.5, 0.6) is 0 Å². The lowest BCUT2D eigenvalue weighted by Crippen LogP contribution is -2.45. The average molecular weight is 984 g/mol. The highest BCUT2D eigenvalue weighted by atomic mass is 35.5. The van der Waals surface area contributed by atoms with Crippen molar-refractivity contribution in [1.29, 1.82) is 0 Å². The Morgan fingerprint density at radius 3 is 1.79 bits per heavy atom. The molecule has 12 nitrogen and oxygen atoms in total. The molecule has 2 fully saturated rings. The summed E-state index contributed by atoms with van der Waals surface area (Å²) in [5.74, 6) is -0.452. The minimum Gasteiger partial charge on any atom is -0.369 e. The summed E-state index contributed by atoms with van der Waals surface area (Å²) in [6.07, 6.45) is 8.28. The summed E-state index contributed by atoms with van der Waals surface area (Å²) >= 11 is 13.8. The van der Waals surface area contributed by atoms with Crippen LogP contribution in [0.2, 0.25) is 10.0 Å². The molecule has 0 spiro atoms. The molecule has 4 aromatic heterocycles. The Labute approximate surface area is 424 Å². The first kappa shape index (κ1) is 47.6. The van der Waals surface area contributed by atoms with Gasteiger partial charge in [-0.25, -0.2) is 9.97 Å². The van der Waals surface area contributed by atoms with E-state index in [1.54, 1.807) is 24.5 Å². The van der Waals surface area contributed by atoms with Crippen molar-refractivity contribution >= 4 is 74.1 Å². The molecule has 2 aliphatic heterocycles. The Kier molecular flexibility index (Phi) is 13.9. The van der Waals surface area contributed by atoms with E-state index in [-0.39, 0.29) is 11.8 Å². The van der Waals surface area contributed by atoms with Crippen LogP contribution in [0.4, 0.5) is 17.1 Å². The van der Waals surface area contributed by atoms with E-state index in [4.69, 9.17) is 23.2 Å². The standard InChI is InChI=1S/C57H56Cl2N10O2/c1-5-48(70)62-46-33-39(16-14-36(46)2)50-52-44(58)18-20-60-56(52)64-54(50)41-10-6-9-38(31-41)35-68-27-25-67(26-28-68)22-8-13-49(71)63-47-34-40(17-15-37(47)3)51-53-45(59)19-21-61-57(53)65-55(51)42-11-7-12-43(32-42)69-29-23-66(4)24-30-69/h5-21,31-34H,1,22-30,35H2,2-4H3,(H,60,64)(H,61,65)(H,62,70)(H,63,71)/b13-8+. The number of benzene rings is 4. The second-order valence-electron chi connectivity index (χ2n) is 18.5. The van der Waals surface area contributed by atoms with Crippen LogP contribution >= 0.6 is 23.2 Å². The van der Waals surface area contributed by atoms with Crippen LogP contribution in [-0.2, 0) is 16.1 Å². The van der Waals surface area contributed by atoms with E-state index in [1.807, 2.05) is 56.3 Å². The molecule has 0 unspecified atom stereocenters. The highest BCUT2D eigenvalue weighted by Gasteiger charge is 2.23. The van der Waals surface area contributed by atoms with Crippen LogP contribution in [-0.4, -0.2) is 112 Å². The zero-order valence-corrected chi connectivity index (χ0v) is 41.7. The maximum atomic E-state index is 13.5. The fourth-order valence-electron chi connectivity index (χ4n) is 9.79. The number of carbonyl (C=O) groups excluding carboxylic acids is 2. The second kappa shape index (κ2) is 20.7. The van der Waals surface area contributed by atoms with Crippen LogP contribution in [0.25, 0.3) is 66.8 Å². The number of nitrogens with zero attached hydrogens (tertiary/aromatic N) is 6. The van der Waals surface area contributed by atoms with Gasteiger partial charge in [0, 0.05) is 128 Å². The molecule has 8 aromatic rings. The number of rotatable bonds is 13. The highest BCUT2D eigenvalue weighted by Crippen LogP contribution is 2.44. The number of halogens is 2. The van der Waals surface area contributed by atoms with E-state index in [0.717, 1.165) is 131 Å². The fourth-order valence-corrected chi connectivity index (χ4v) is 10.3. The number of fused-ring (bicyclic) bond motifs is 2. The van der Waals surface area contributed by atoms with Gasteiger partial charge in [-0.05, 0) is 103 Å². The topological polar surface area (TPSA) is 129 Å². The Morgan fingerprint density at radius 2 is 1.20 bits per heavy atom. The van der Waals surface area contributed by atoms with Crippen molar-refractivity contribution in [3.63, 3.8) is 0 Å². The predicted molar refractivity (Wildman–Crippen MR) is 291 cm³/mol. The average Bonchev–Trinajstić information content (AvgIpc) is 3.98. The first-order chi connectivity index (χ1) is 34.5. The monoisotopic (exact) mass is 982 g/mol. The summed E-state index contributed by atoms with van der Waals surface area (Å²) in [5, 5.41) is 8.97. The van der Waals surface area contributed by atoms with Gasteiger partial charge in [0.15, 0.2) is 0 Å². The van der Waals surface area contributed by atoms with Gasteiger partial charge < -0.3 is 30.4 Å². The quantitative estimate of drug-likeness (QED) is 0.0841. The molecular formula is C57H56Cl2N10O2. The molecule has 4 aromatic carbocycles. The molecule has 0 bridgehead atoms. The molecular weight excluding hydrogens is 928 g/mol.